The molecule has 1 heterocycles. The molecule has 2 fully saturated rings. The van der Waals surface area contributed by atoms with E-state index in [4.69, 9.17) is 24.5 Å². The minimum Gasteiger partial charge on any atom is -0.445 e. The molecule has 16 heteroatoms. The lowest BCUT2D eigenvalue weighted by Gasteiger charge is -2.44. The van der Waals surface area contributed by atoms with E-state index in [1.54, 1.807) is 0 Å². The zero-order chi connectivity index (χ0) is 31.3. The molecule has 1 amide bonds. The maximum Gasteiger partial charge on any atom is 0.410 e. The van der Waals surface area contributed by atoms with Gasteiger partial charge in [-0.05, 0) is 47.0 Å². The highest BCUT2D eigenvalue weighted by atomic mass is 16.7. The molecule has 2 aliphatic rings. The molecule has 232 valence electrons. The van der Waals surface area contributed by atoms with Gasteiger partial charge in [-0.25, -0.2) is 4.79 Å². The van der Waals surface area contributed by atoms with Gasteiger partial charge in [0.2, 0.25) is 0 Å². The Bertz CT molecular complexity index is 1370. The molecule has 0 spiro atoms. The summed E-state index contributed by atoms with van der Waals surface area (Å²) in [6.07, 6.45) is -4.81. The fourth-order valence-electron chi connectivity index (χ4n) is 5.48. The smallest absolute Gasteiger partial charge is 0.410 e. The van der Waals surface area contributed by atoms with Crippen LogP contribution in [-0.4, -0.2) is 78.6 Å². The van der Waals surface area contributed by atoms with Gasteiger partial charge in [0, 0.05) is 28.4 Å². The maximum atomic E-state index is 13.3. The van der Waals surface area contributed by atoms with Crippen molar-refractivity contribution >= 4 is 6.09 Å². The number of methoxy groups -OCH3 is 1. The van der Waals surface area contributed by atoms with Crippen molar-refractivity contribution in [3.63, 3.8) is 0 Å². The first-order valence-corrected chi connectivity index (χ1v) is 14.1. The van der Waals surface area contributed by atoms with Crippen molar-refractivity contribution in [2.75, 3.05) is 13.7 Å². The van der Waals surface area contributed by atoms with Crippen molar-refractivity contribution in [1.82, 2.24) is 4.90 Å². The number of ether oxygens (including phenoxy) is 4. The van der Waals surface area contributed by atoms with Crippen LogP contribution < -0.4 is 0 Å². The third-order valence-corrected chi connectivity index (χ3v) is 7.61. The normalized spacial score (nSPS) is 28.0. The molecule has 2 aromatic rings. The van der Waals surface area contributed by atoms with Crippen LogP contribution in [0.5, 0.6) is 0 Å². The number of hydrogen-bond acceptors (Lipinski definition) is 9. The number of aliphatic hydroxyl groups is 1. The van der Waals surface area contributed by atoms with Crippen LogP contribution in [0.4, 0.5) is 4.79 Å². The van der Waals surface area contributed by atoms with Crippen LogP contribution in [-0.2, 0) is 32.1 Å². The van der Waals surface area contributed by atoms with Crippen LogP contribution in [0, 0.1) is 0 Å². The molecule has 0 aromatic heterocycles. The molecule has 8 unspecified atom stereocenters. The van der Waals surface area contributed by atoms with E-state index in [0.29, 0.717) is 12.8 Å². The second kappa shape index (κ2) is 16.4. The van der Waals surface area contributed by atoms with Gasteiger partial charge in [-0.1, -0.05) is 76.0 Å². The van der Waals surface area contributed by atoms with E-state index in [1.165, 1.54) is 12.0 Å². The molecule has 16 nitrogen and oxygen atoms in total. The fourth-order valence-corrected chi connectivity index (χ4v) is 5.48. The van der Waals surface area contributed by atoms with E-state index in [0.717, 1.165) is 11.1 Å². The molecule has 0 bridgehead atoms. The molecular formula is C28H34N10O6. The third-order valence-electron chi connectivity index (χ3n) is 7.61. The molecular weight excluding hydrogens is 572 g/mol. The third kappa shape index (κ3) is 8.53. The van der Waals surface area contributed by atoms with E-state index in [-0.39, 0.29) is 26.1 Å². The highest BCUT2D eigenvalue weighted by molar-refractivity contribution is 5.67. The molecule has 1 saturated heterocycles. The SMILES string of the molecule is COC1C(N=[N+]=[N-])CC(N=[N+]=[N-])C(OC2OC(CN(Cc3ccccc3)C(=O)OCc3ccccc3)CCC2N=[N+]=[N-])C1O. The van der Waals surface area contributed by atoms with Crippen LogP contribution >= 0.6 is 0 Å². The largest absolute Gasteiger partial charge is 0.445 e. The Hall–Kier alpha value is -4.52. The van der Waals surface area contributed by atoms with E-state index < -0.39 is 54.9 Å². The van der Waals surface area contributed by atoms with Gasteiger partial charge in [0.05, 0.1) is 43.0 Å². The van der Waals surface area contributed by atoms with Crippen LogP contribution in [0.25, 0.3) is 31.3 Å². The Morgan fingerprint density at radius 1 is 0.909 bits per heavy atom. The van der Waals surface area contributed by atoms with Crippen molar-refractivity contribution < 1.29 is 28.8 Å². The summed E-state index contributed by atoms with van der Waals surface area (Å²) in [5, 5.41) is 22.4. The van der Waals surface area contributed by atoms with E-state index in [9.17, 15) is 21.0 Å². The highest BCUT2D eigenvalue weighted by Crippen LogP contribution is 2.33. The number of aliphatic hydroxyl groups excluding tert-OH is 1. The number of benzene rings is 2. The van der Waals surface area contributed by atoms with Crippen LogP contribution in [0.1, 0.15) is 30.4 Å². The average molecular weight is 607 g/mol. The number of nitrogens with zero attached hydrogens (tertiary/aromatic N) is 10. The van der Waals surface area contributed by atoms with Gasteiger partial charge in [0.15, 0.2) is 6.29 Å². The monoisotopic (exact) mass is 606 g/mol. The number of hydrogen-bond donors (Lipinski definition) is 1. The average Bonchev–Trinajstić information content (AvgIpc) is 3.04. The van der Waals surface area contributed by atoms with Crippen LogP contribution in [0.3, 0.4) is 0 Å². The van der Waals surface area contributed by atoms with Crippen molar-refractivity contribution in [3.8, 4) is 0 Å². The number of carbonyl (C=O) groups excluding carboxylic acids is 1. The summed E-state index contributed by atoms with van der Waals surface area (Å²) in [6.45, 7) is 0.493. The molecule has 0 radical (unpaired) electrons. The van der Waals surface area contributed by atoms with Crippen LogP contribution in [0.15, 0.2) is 76.0 Å². The van der Waals surface area contributed by atoms with Crippen LogP contribution in [0.2, 0.25) is 0 Å². The number of rotatable bonds is 12. The lowest BCUT2D eigenvalue weighted by molar-refractivity contribution is -0.255. The molecule has 1 aliphatic carbocycles. The Morgan fingerprint density at radius 2 is 1.50 bits per heavy atom. The molecule has 4 rings (SSSR count). The van der Waals surface area contributed by atoms with E-state index in [2.05, 4.69) is 30.1 Å². The molecule has 8 atom stereocenters. The predicted molar refractivity (Wildman–Crippen MR) is 156 cm³/mol. The number of azide groups is 3. The zero-order valence-corrected chi connectivity index (χ0v) is 24.1. The predicted octanol–water partition coefficient (Wildman–Crippen LogP) is 5.53. The van der Waals surface area contributed by atoms with Gasteiger partial charge in [-0.15, -0.1) is 0 Å². The Morgan fingerprint density at radius 3 is 2.11 bits per heavy atom. The Kier molecular flexibility index (Phi) is 12.0. The lowest BCUT2D eigenvalue weighted by atomic mass is 9.84. The summed E-state index contributed by atoms with van der Waals surface area (Å²) in [6, 6.07) is 16.3. The molecule has 1 saturated carbocycles. The minimum absolute atomic E-state index is 0.0504. The summed E-state index contributed by atoms with van der Waals surface area (Å²) >= 11 is 0. The van der Waals surface area contributed by atoms with Crippen molar-refractivity contribution in [3.05, 3.63) is 103 Å². The van der Waals surface area contributed by atoms with Gasteiger partial charge in [-0.3, -0.25) is 0 Å². The summed E-state index contributed by atoms with van der Waals surface area (Å²) in [5.74, 6) is 0. The second-order valence-corrected chi connectivity index (χ2v) is 10.5. The quantitative estimate of drug-likeness (QED) is 0.185. The molecule has 1 aliphatic heterocycles. The highest BCUT2D eigenvalue weighted by Gasteiger charge is 2.47. The number of carbonyl (C=O) groups is 1. The maximum absolute atomic E-state index is 13.3. The zero-order valence-electron chi connectivity index (χ0n) is 24.1. The van der Waals surface area contributed by atoms with Gasteiger partial charge in [-0.2, -0.15) is 0 Å². The first-order chi connectivity index (χ1) is 21.5. The topological polar surface area (TPSA) is 224 Å². The lowest BCUT2D eigenvalue weighted by Crippen LogP contribution is -2.58. The van der Waals surface area contributed by atoms with Gasteiger partial charge in [0.25, 0.3) is 0 Å². The van der Waals surface area contributed by atoms with Gasteiger partial charge < -0.3 is 29.0 Å². The van der Waals surface area contributed by atoms with E-state index >= 15 is 0 Å². The summed E-state index contributed by atoms with van der Waals surface area (Å²) in [4.78, 5) is 23.4. The van der Waals surface area contributed by atoms with Crippen molar-refractivity contribution in [1.29, 1.82) is 0 Å². The fraction of sp³-hybridized carbons (Fsp3) is 0.536. The molecule has 2 aromatic carbocycles. The number of amides is 1. The van der Waals surface area contributed by atoms with Gasteiger partial charge >= 0.3 is 6.09 Å². The minimum atomic E-state index is -1.36. The first-order valence-electron chi connectivity index (χ1n) is 14.1. The summed E-state index contributed by atoms with van der Waals surface area (Å²) in [5.41, 5.74) is 29.1. The Balaban J connectivity index is 1.52. The summed E-state index contributed by atoms with van der Waals surface area (Å²) in [7, 11) is 1.35. The summed E-state index contributed by atoms with van der Waals surface area (Å²) < 4.78 is 23.4. The first kappa shape index (κ1) is 32.4. The standard InChI is InChI=1S/C28H34N10O6/c1-41-25-22(33-36-30)14-23(34-37-31)26(24(25)39)44-27-21(32-35-29)13-12-20(43-27)16-38(15-18-8-4-2-5-9-18)28(40)42-17-19-10-6-3-7-11-19/h2-11,20-27,39H,12-17H2,1H3. The molecule has 1 N–H and O–H groups in total. The Labute approximate surface area is 253 Å². The molecule has 44 heavy (non-hydrogen) atoms. The second-order valence-electron chi connectivity index (χ2n) is 10.5. The van der Waals surface area contributed by atoms with Crippen molar-refractivity contribution in [2.24, 2.45) is 15.3 Å². The van der Waals surface area contributed by atoms with Gasteiger partial charge in [0.1, 0.15) is 12.7 Å². The van der Waals surface area contributed by atoms with Crippen molar-refractivity contribution in [2.45, 2.75) is 81.2 Å². The van der Waals surface area contributed by atoms with E-state index in [1.807, 2.05) is 60.7 Å².